The van der Waals surface area contributed by atoms with E-state index in [1.165, 1.54) is 43.7 Å². The quantitative estimate of drug-likeness (QED) is 0.231. The number of nitrogens with one attached hydrogen (secondary N) is 1. The molecule has 5 aromatic rings. The number of hydrogen-bond acceptors (Lipinski definition) is 8. The number of sulfone groups is 1. The first-order chi connectivity index (χ1) is 20.3. The van der Waals surface area contributed by atoms with Gasteiger partial charge in [-0.05, 0) is 82.1 Å². The molecule has 1 N–H and O–H groups in total. The molecule has 0 aliphatic carbocycles. The first-order valence-electron chi connectivity index (χ1n) is 13.5. The lowest BCUT2D eigenvalue weighted by Crippen LogP contribution is -2.22. The lowest BCUT2D eigenvalue weighted by molar-refractivity contribution is -0.115. The molecule has 0 bridgehead atoms. The molecule has 0 unspecified atom stereocenters. The van der Waals surface area contributed by atoms with Crippen LogP contribution in [0.4, 0.5) is 10.1 Å². The number of nitrogens with zero attached hydrogens (tertiary/aromatic N) is 5. The number of carbonyl (C=O) groups excluding carboxylic acids is 1. The Labute approximate surface area is 248 Å². The Morgan fingerprint density at radius 2 is 1.81 bits per heavy atom. The Morgan fingerprint density at radius 3 is 2.49 bits per heavy atom. The van der Waals surface area contributed by atoms with E-state index in [4.69, 9.17) is 4.74 Å². The van der Waals surface area contributed by atoms with Gasteiger partial charge in [-0.3, -0.25) is 14.5 Å². The maximum absolute atomic E-state index is 15.4. The number of anilines is 1. The number of hydrogen-bond donors (Lipinski definition) is 1. The van der Waals surface area contributed by atoms with Gasteiger partial charge in [0.15, 0.2) is 21.4 Å². The molecular formula is C31H31FN6O4S. The van der Waals surface area contributed by atoms with Crippen molar-refractivity contribution in [1.29, 1.82) is 0 Å². The molecule has 0 radical (unpaired) electrons. The zero-order valence-corrected chi connectivity index (χ0v) is 25.2. The number of fused-ring (bicyclic) bond motifs is 1. The number of benzene rings is 2. The van der Waals surface area contributed by atoms with Crippen LogP contribution in [0.5, 0.6) is 11.5 Å². The second-order valence-corrected chi connectivity index (χ2v) is 13.4. The van der Waals surface area contributed by atoms with Crippen molar-refractivity contribution in [1.82, 2.24) is 24.7 Å². The molecule has 0 saturated carbocycles. The highest BCUT2D eigenvalue weighted by molar-refractivity contribution is 7.91. The van der Waals surface area contributed by atoms with Crippen LogP contribution in [0.25, 0.3) is 10.9 Å². The third-order valence-electron chi connectivity index (χ3n) is 6.84. The molecule has 1 atom stereocenters. The predicted octanol–water partition coefficient (Wildman–Crippen LogP) is 5.93. The largest absolute Gasteiger partial charge is 0.453 e. The van der Waals surface area contributed by atoms with Gasteiger partial charge in [0.25, 0.3) is 0 Å². The molecule has 0 fully saturated rings. The van der Waals surface area contributed by atoms with Gasteiger partial charge in [-0.25, -0.2) is 22.8 Å². The van der Waals surface area contributed by atoms with Crippen molar-refractivity contribution in [3.05, 3.63) is 96.2 Å². The summed E-state index contributed by atoms with van der Waals surface area (Å²) in [6, 6.07) is 10.6. The van der Waals surface area contributed by atoms with Crippen molar-refractivity contribution < 1.29 is 22.3 Å². The molecule has 0 spiro atoms. The summed E-state index contributed by atoms with van der Waals surface area (Å²) in [4.78, 5) is 25.2. The predicted molar refractivity (Wildman–Crippen MR) is 160 cm³/mol. The number of amides is 1. The zero-order valence-electron chi connectivity index (χ0n) is 24.4. The molecule has 10 nitrogen and oxygen atoms in total. The minimum atomic E-state index is -3.86. The van der Waals surface area contributed by atoms with Crippen LogP contribution in [0.2, 0.25) is 0 Å². The molecule has 2 aromatic carbocycles. The van der Waals surface area contributed by atoms with Gasteiger partial charge in [0.1, 0.15) is 16.8 Å². The topological polar surface area (TPSA) is 129 Å². The van der Waals surface area contributed by atoms with Crippen molar-refractivity contribution >= 4 is 32.3 Å². The summed E-state index contributed by atoms with van der Waals surface area (Å²) in [5, 5.41) is 6.46. The number of halogens is 1. The van der Waals surface area contributed by atoms with E-state index in [0.29, 0.717) is 27.7 Å². The summed E-state index contributed by atoms with van der Waals surface area (Å²) in [6.45, 7) is 9.19. The van der Waals surface area contributed by atoms with Crippen LogP contribution in [0.3, 0.4) is 0 Å². The SMILES string of the molecule is Cc1cc(CC(=O)Nc2cnn(C(C)(C)C)c2)cc(F)c1Oc1ccnc2ccc(S(=O)(=O)[C@H](C)c3ncccn3)cc12. The Kier molecular flexibility index (Phi) is 7.98. The van der Waals surface area contributed by atoms with E-state index in [1.54, 1.807) is 48.3 Å². The average molecular weight is 603 g/mol. The van der Waals surface area contributed by atoms with Gasteiger partial charge in [-0.1, -0.05) is 6.07 Å². The number of carbonyl (C=O) groups is 1. The second-order valence-electron chi connectivity index (χ2n) is 11.2. The van der Waals surface area contributed by atoms with Crippen molar-refractivity contribution in [3.63, 3.8) is 0 Å². The van der Waals surface area contributed by atoms with Gasteiger partial charge < -0.3 is 10.1 Å². The van der Waals surface area contributed by atoms with Crippen LogP contribution in [-0.4, -0.2) is 39.1 Å². The standard InChI is InChI=1S/C31H31FN6O4S/c1-19-13-21(15-28(39)37-22-17-36-38(18-22)31(3,4)5)14-25(32)29(19)42-27-9-12-33-26-8-7-23(16-24(26)27)43(40,41)20(2)30-34-10-6-11-35-30/h6-14,16-18,20H,15H2,1-5H3,(H,37,39)/t20-/m1/s1. The van der Waals surface area contributed by atoms with E-state index in [0.717, 1.165) is 0 Å². The lowest BCUT2D eigenvalue weighted by atomic mass is 10.1. The van der Waals surface area contributed by atoms with Crippen LogP contribution in [0.15, 0.2) is 78.3 Å². The van der Waals surface area contributed by atoms with E-state index in [-0.39, 0.29) is 40.1 Å². The van der Waals surface area contributed by atoms with Crippen LogP contribution in [0, 0.1) is 12.7 Å². The smallest absolute Gasteiger partial charge is 0.228 e. The average Bonchev–Trinajstić information content (AvgIpc) is 3.44. The monoisotopic (exact) mass is 602 g/mol. The molecule has 0 saturated heterocycles. The fourth-order valence-corrected chi connectivity index (χ4v) is 5.86. The van der Waals surface area contributed by atoms with Gasteiger partial charge >= 0.3 is 0 Å². The first-order valence-corrected chi connectivity index (χ1v) is 15.1. The first kappa shape index (κ1) is 29.8. The van der Waals surface area contributed by atoms with Crippen molar-refractivity contribution in [2.75, 3.05) is 5.32 Å². The molecule has 1 amide bonds. The van der Waals surface area contributed by atoms with Gasteiger partial charge in [-0.2, -0.15) is 5.10 Å². The number of ether oxygens (including phenoxy) is 1. The van der Waals surface area contributed by atoms with Gasteiger partial charge in [-0.15, -0.1) is 0 Å². The minimum absolute atomic E-state index is 0.0319. The van der Waals surface area contributed by atoms with Gasteiger partial charge in [0.05, 0.1) is 34.3 Å². The third-order valence-corrected chi connectivity index (χ3v) is 8.89. The number of aryl methyl sites for hydroxylation is 1. The summed E-state index contributed by atoms with van der Waals surface area (Å²) in [5.74, 6) is -0.606. The third kappa shape index (κ3) is 6.38. The summed E-state index contributed by atoms with van der Waals surface area (Å²) < 4.78 is 49.9. The van der Waals surface area contributed by atoms with Crippen LogP contribution < -0.4 is 10.1 Å². The molecule has 222 valence electrons. The lowest BCUT2D eigenvalue weighted by Gasteiger charge is -2.18. The summed E-state index contributed by atoms with van der Waals surface area (Å²) >= 11 is 0. The maximum Gasteiger partial charge on any atom is 0.228 e. The fraction of sp³-hybridized carbons (Fsp3) is 0.258. The maximum atomic E-state index is 15.4. The molecule has 43 heavy (non-hydrogen) atoms. The Morgan fingerprint density at radius 1 is 1.07 bits per heavy atom. The summed E-state index contributed by atoms with van der Waals surface area (Å²) in [6.07, 6.45) is 7.73. The Balaban J connectivity index is 1.38. The molecule has 0 aliphatic rings. The van der Waals surface area contributed by atoms with Crippen LogP contribution >= 0.6 is 0 Å². The highest BCUT2D eigenvalue weighted by Crippen LogP contribution is 2.36. The van der Waals surface area contributed by atoms with E-state index >= 15 is 4.39 Å². The number of aromatic nitrogens is 5. The van der Waals surface area contributed by atoms with E-state index in [9.17, 15) is 13.2 Å². The van der Waals surface area contributed by atoms with Crippen molar-refractivity contribution in [2.24, 2.45) is 0 Å². The molecule has 3 aromatic heterocycles. The van der Waals surface area contributed by atoms with Crippen LogP contribution in [-0.2, 0) is 26.6 Å². The molecule has 3 heterocycles. The fourth-order valence-electron chi connectivity index (χ4n) is 4.52. The van der Waals surface area contributed by atoms with Gasteiger partial charge in [0, 0.05) is 30.2 Å². The van der Waals surface area contributed by atoms with E-state index < -0.39 is 20.9 Å². The zero-order chi connectivity index (χ0) is 30.9. The van der Waals surface area contributed by atoms with Crippen LogP contribution in [0.1, 0.15) is 49.9 Å². The molecule has 5 rings (SSSR count). The summed E-state index contributed by atoms with van der Waals surface area (Å²) in [5.41, 5.74) is 1.72. The number of rotatable bonds is 8. The Hall–Kier alpha value is -4.71. The highest BCUT2D eigenvalue weighted by atomic mass is 32.2. The Bertz CT molecular complexity index is 1900. The van der Waals surface area contributed by atoms with Crippen molar-refractivity contribution in [2.45, 2.75) is 56.7 Å². The van der Waals surface area contributed by atoms with E-state index in [1.807, 2.05) is 20.8 Å². The summed E-state index contributed by atoms with van der Waals surface area (Å²) in [7, 11) is -3.86. The molecule has 12 heteroatoms. The van der Waals surface area contributed by atoms with E-state index in [2.05, 4.69) is 25.4 Å². The van der Waals surface area contributed by atoms with Crippen molar-refractivity contribution in [3.8, 4) is 11.5 Å². The normalized spacial score (nSPS) is 12.7. The minimum Gasteiger partial charge on any atom is -0.453 e. The number of pyridine rings is 1. The molecule has 0 aliphatic heterocycles. The second kappa shape index (κ2) is 11.5. The van der Waals surface area contributed by atoms with Gasteiger partial charge in [0.2, 0.25) is 5.91 Å². The highest BCUT2D eigenvalue weighted by Gasteiger charge is 2.28. The molecular weight excluding hydrogens is 571 g/mol.